The molecule has 2 aromatic rings. The molecule has 0 fully saturated rings. The molecule has 0 radical (unpaired) electrons. The van der Waals surface area contributed by atoms with Gasteiger partial charge in [-0.2, -0.15) is 0 Å². The van der Waals surface area contributed by atoms with E-state index in [0.29, 0.717) is 5.69 Å². The summed E-state index contributed by atoms with van der Waals surface area (Å²) in [6, 6.07) is 8.15. The molecule has 0 unspecified atom stereocenters. The van der Waals surface area contributed by atoms with E-state index in [-0.39, 0.29) is 5.63 Å². The van der Waals surface area contributed by atoms with Crippen LogP contribution in [0.3, 0.4) is 0 Å². The number of nitrogens with one attached hydrogen (secondary N) is 1. The molecule has 0 saturated heterocycles. The Morgan fingerprint density at radius 2 is 2.12 bits per heavy atom. The first-order valence-electron chi connectivity index (χ1n) is 5.13. The number of aryl methyl sites for hydroxylation is 1. The van der Waals surface area contributed by atoms with Crippen LogP contribution in [-0.4, -0.2) is 11.0 Å². The van der Waals surface area contributed by atoms with Gasteiger partial charge in [-0.1, -0.05) is 20.6 Å². The van der Waals surface area contributed by atoms with Crippen molar-refractivity contribution in [3.05, 3.63) is 44.9 Å². The van der Waals surface area contributed by atoms with Crippen molar-refractivity contribution in [3.63, 3.8) is 0 Å². The largest absolute Gasteiger partial charge is 0.429 e. The highest BCUT2D eigenvalue weighted by Crippen LogP contribution is 2.20. The number of benzene rings is 1. The van der Waals surface area contributed by atoms with Crippen molar-refractivity contribution >= 4 is 27.7 Å². The lowest BCUT2D eigenvalue weighted by atomic mass is 10.4. The Morgan fingerprint density at radius 1 is 1.41 bits per heavy atom. The zero-order valence-corrected chi connectivity index (χ0v) is 11.7. The van der Waals surface area contributed by atoms with Gasteiger partial charge in [-0.3, -0.25) is 4.52 Å². The van der Waals surface area contributed by atoms with Crippen LogP contribution in [0.15, 0.2) is 43.0 Å². The molecule has 1 aromatic carbocycles. The molecule has 0 bridgehead atoms. The molecule has 4 nitrogen and oxygen atoms in total. The fourth-order valence-electron chi connectivity index (χ4n) is 1.35. The van der Waals surface area contributed by atoms with Crippen LogP contribution in [-0.2, 0) is 6.54 Å². The topological polar surface area (TPSA) is 49.9 Å². The average Bonchev–Trinajstić information content (AvgIpc) is 2.64. The van der Waals surface area contributed by atoms with Gasteiger partial charge in [0.2, 0.25) is 0 Å². The minimum atomic E-state index is -0.307. The number of halogens is 1. The first kappa shape index (κ1) is 12.4. The number of hydrogen-bond acceptors (Lipinski definition) is 3. The molecule has 0 aliphatic carbocycles. The molecular weight excluding hydrogens is 304 g/mol. The van der Waals surface area contributed by atoms with E-state index >= 15 is 0 Å². The first-order chi connectivity index (χ1) is 8.16. The molecular formula is C11H12BrN2O2S+. The van der Waals surface area contributed by atoms with Gasteiger partial charge in [-0.25, -0.2) is 4.79 Å². The highest BCUT2D eigenvalue weighted by atomic mass is 79.9. The Hall–Kier alpha value is -1.01. The van der Waals surface area contributed by atoms with E-state index in [1.165, 1.54) is 4.90 Å². The summed E-state index contributed by atoms with van der Waals surface area (Å²) < 4.78 is 7.47. The SMILES string of the molecule is Cc1c(=O)o[nH][n+]1CCSc1ccc(Br)cc1. The fourth-order valence-corrected chi connectivity index (χ4v) is 2.45. The van der Waals surface area contributed by atoms with E-state index in [0.717, 1.165) is 16.8 Å². The third kappa shape index (κ3) is 3.23. The minimum Gasteiger partial charge on any atom is -0.283 e. The summed E-state index contributed by atoms with van der Waals surface area (Å²) >= 11 is 5.13. The van der Waals surface area contributed by atoms with Crippen LogP contribution in [0.4, 0.5) is 0 Å². The summed E-state index contributed by atoms with van der Waals surface area (Å²) in [5.74, 6) is 0.878. The predicted octanol–water partition coefficient (Wildman–Crippen LogP) is 2.12. The summed E-state index contributed by atoms with van der Waals surface area (Å²) in [5, 5.41) is 2.58. The van der Waals surface area contributed by atoms with Crippen molar-refractivity contribution in [2.45, 2.75) is 18.4 Å². The van der Waals surface area contributed by atoms with Gasteiger partial charge in [0.1, 0.15) is 0 Å². The van der Waals surface area contributed by atoms with E-state index in [4.69, 9.17) is 0 Å². The molecule has 1 aromatic heterocycles. The summed E-state index contributed by atoms with van der Waals surface area (Å²) in [4.78, 5) is 12.3. The van der Waals surface area contributed by atoms with Crippen molar-refractivity contribution in [2.75, 3.05) is 5.75 Å². The Kier molecular flexibility index (Phi) is 4.06. The van der Waals surface area contributed by atoms with Gasteiger partial charge < -0.3 is 0 Å². The smallest absolute Gasteiger partial charge is 0.283 e. The predicted molar refractivity (Wildman–Crippen MR) is 69.1 cm³/mol. The van der Waals surface area contributed by atoms with Gasteiger partial charge in [0.15, 0.2) is 6.54 Å². The van der Waals surface area contributed by atoms with Crippen LogP contribution in [0, 0.1) is 6.92 Å². The fraction of sp³-hybridized carbons (Fsp3) is 0.273. The molecule has 0 amide bonds. The molecule has 17 heavy (non-hydrogen) atoms. The molecule has 1 N–H and O–H groups in total. The third-order valence-corrected chi connectivity index (χ3v) is 3.87. The van der Waals surface area contributed by atoms with E-state index in [9.17, 15) is 4.79 Å². The first-order valence-corrected chi connectivity index (χ1v) is 6.91. The molecule has 6 heteroatoms. The lowest BCUT2D eigenvalue weighted by molar-refractivity contribution is -0.763. The maximum absolute atomic E-state index is 11.1. The van der Waals surface area contributed by atoms with Crippen molar-refractivity contribution in [1.29, 1.82) is 0 Å². The molecule has 0 spiro atoms. The zero-order valence-electron chi connectivity index (χ0n) is 9.27. The van der Waals surface area contributed by atoms with Gasteiger partial charge >= 0.3 is 5.63 Å². The maximum Gasteiger partial charge on any atom is 0.429 e. The summed E-state index contributed by atoms with van der Waals surface area (Å²) in [6.07, 6.45) is 0. The highest BCUT2D eigenvalue weighted by Gasteiger charge is 2.14. The Labute approximate surface area is 111 Å². The standard InChI is InChI=1S/C11H11BrN2O2S/c1-8-11(15)16-13-14(8)6-7-17-10-4-2-9(12)3-5-10/h2-5H,6-7H2,1H3/p+1. The number of aromatic nitrogens is 2. The lowest BCUT2D eigenvalue weighted by Gasteiger charge is -1.98. The maximum atomic E-state index is 11.1. The Bertz CT molecular complexity index is 547. The van der Waals surface area contributed by atoms with Crippen molar-refractivity contribution in [2.24, 2.45) is 0 Å². The van der Waals surface area contributed by atoms with Gasteiger partial charge in [-0.15, -0.1) is 11.8 Å². The van der Waals surface area contributed by atoms with E-state index in [2.05, 4.69) is 37.9 Å². The van der Waals surface area contributed by atoms with Crippen molar-refractivity contribution in [1.82, 2.24) is 5.27 Å². The zero-order chi connectivity index (χ0) is 12.3. The van der Waals surface area contributed by atoms with Gasteiger partial charge in [0, 0.05) is 16.3 Å². The molecule has 0 atom stereocenters. The molecule has 1 heterocycles. The molecule has 0 aliphatic heterocycles. The third-order valence-electron chi connectivity index (χ3n) is 2.35. The number of nitrogens with zero attached hydrogens (tertiary/aromatic N) is 1. The van der Waals surface area contributed by atoms with Crippen LogP contribution < -0.4 is 10.3 Å². The number of aromatic amines is 1. The molecule has 0 aliphatic rings. The Morgan fingerprint density at radius 3 is 2.71 bits per heavy atom. The molecule has 0 saturated carbocycles. The normalized spacial score (nSPS) is 10.7. The van der Waals surface area contributed by atoms with Crippen LogP contribution >= 0.6 is 27.7 Å². The van der Waals surface area contributed by atoms with Crippen LogP contribution in [0.2, 0.25) is 0 Å². The second kappa shape index (κ2) is 5.55. The van der Waals surface area contributed by atoms with Gasteiger partial charge in [0.25, 0.3) is 5.69 Å². The van der Waals surface area contributed by atoms with Crippen LogP contribution in [0.1, 0.15) is 5.69 Å². The van der Waals surface area contributed by atoms with Gasteiger partial charge in [0.05, 0.1) is 5.75 Å². The Balaban J connectivity index is 1.90. The summed E-state index contributed by atoms with van der Waals surface area (Å²) in [5.41, 5.74) is 0.292. The van der Waals surface area contributed by atoms with Crippen molar-refractivity contribution in [3.8, 4) is 0 Å². The molecule has 2 rings (SSSR count). The number of H-pyrrole nitrogens is 1. The second-order valence-corrected chi connectivity index (χ2v) is 5.60. The summed E-state index contributed by atoms with van der Waals surface area (Å²) in [6.45, 7) is 2.46. The van der Waals surface area contributed by atoms with Crippen molar-refractivity contribution < 1.29 is 9.20 Å². The van der Waals surface area contributed by atoms with Crippen LogP contribution in [0.5, 0.6) is 0 Å². The quantitative estimate of drug-likeness (QED) is 0.694. The molecule has 90 valence electrons. The number of thioether (sulfide) groups is 1. The second-order valence-electron chi connectivity index (χ2n) is 3.52. The van der Waals surface area contributed by atoms with E-state index < -0.39 is 0 Å². The van der Waals surface area contributed by atoms with E-state index in [1.807, 2.05) is 12.1 Å². The number of rotatable bonds is 4. The minimum absolute atomic E-state index is 0.307. The van der Waals surface area contributed by atoms with Crippen LogP contribution in [0.25, 0.3) is 0 Å². The number of hydrogen-bond donors (Lipinski definition) is 1. The highest BCUT2D eigenvalue weighted by molar-refractivity contribution is 9.10. The summed E-state index contributed by atoms with van der Waals surface area (Å²) in [7, 11) is 0. The monoisotopic (exact) mass is 315 g/mol. The van der Waals surface area contributed by atoms with Gasteiger partial charge in [-0.05, 0) is 29.5 Å². The average molecular weight is 316 g/mol. The van der Waals surface area contributed by atoms with E-state index in [1.54, 1.807) is 23.4 Å². The lowest BCUT2D eigenvalue weighted by Crippen LogP contribution is -2.40.